The average molecular weight is 525 g/mol. The predicted molar refractivity (Wildman–Crippen MR) is 131 cm³/mol. The molecular weight excluding hydrogens is 505 g/mol. The van der Waals surface area contributed by atoms with Crippen molar-refractivity contribution in [2.24, 2.45) is 13.0 Å². The number of aryl methyl sites for hydroxylation is 1. The van der Waals surface area contributed by atoms with Crippen molar-refractivity contribution in [3.05, 3.63) is 58.7 Å². The van der Waals surface area contributed by atoms with E-state index in [1.165, 1.54) is 23.9 Å². The van der Waals surface area contributed by atoms with Crippen LogP contribution in [-0.2, 0) is 7.05 Å². The summed E-state index contributed by atoms with van der Waals surface area (Å²) in [6, 6.07) is 5.41. The van der Waals surface area contributed by atoms with Gasteiger partial charge in [-0.3, -0.25) is 19.8 Å². The molecule has 0 saturated heterocycles. The Hall–Kier alpha value is -4.24. The zero-order chi connectivity index (χ0) is 26.1. The molecule has 1 aliphatic carbocycles. The number of pyridine rings is 1. The molecule has 1 amide bonds. The van der Waals surface area contributed by atoms with E-state index in [0.29, 0.717) is 16.6 Å². The van der Waals surface area contributed by atoms with E-state index in [-0.39, 0.29) is 33.1 Å². The number of carbonyl (C=O) groups is 1. The molecule has 1 N–H and O–H groups in total. The molecule has 3 aromatic heterocycles. The number of benzene rings is 1. The first-order valence-corrected chi connectivity index (χ1v) is 12.0. The van der Waals surface area contributed by atoms with E-state index in [2.05, 4.69) is 37.4 Å². The van der Waals surface area contributed by atoms with Gasteiger partial charge in [-0.05, 0) is 43.0 Å². The van der Waals surface area contributed by atoms with Crippen LogP contribution in [0.4, 0.5) is 18.3 Å². The number of ether oxygens (including phenoxy) is 1. The quantitative estimate of drug-likeness (QED) is 0.353. The van der Waals surface area contributed by atoms with Crippen molar-refractivity contribution < 1.29 is 22.7 Å². The number of nitrogens with zero attached hydrogens (tertiary/aromatic N) is 5. The minimum Gasteiger partial charge on any atom is -0.494 e. The van der Waals surface area contributed by atoms with E-state index in [1.54, 1.807) is 19.3 Å². The van der Waals surface area contributed by atoms with Crippen LogP contribution in [0.15, 0.2) is 36.7 Å². The molecule has 1 aromatic carbocycles. The Labute approximate surface area is 213 Å². The Bertz CT molecular complexity index is 1550. The maximum atomic E-state index is 16.1. The SMILES string of the molecule is COc1cnc(C(F)F)cc1-c1c(C(=O)Nc2nnc(C#CC3CC3)s2)ccc(-c2ccn(C)n2)c1F. The van der Waals surface area contributed by atoms with Crippen molar-refractivity contribution in [3.63, 3.8) is 0 Å². The molecule has 4 aromatic rings. The fraction of sp³-hybridized carbons (Fsp3) is 0.240. The number of alkyl halides is 2. The second kappa shape index (κ2) is 10.0. The first-order valence-electron chi connectivity index (χ1n) is 11.2. The van der Waals surface area contributed by atoms with Crippen molar-refractivity contribution in [2.45, 2.75) is 19.3 Å². The van der Waals surface area contributed by atoms with Gasteiger partial charge < -0.3 is 4.74 Å². The summed E-state index contributed by atoms with van der Waals surface area (Å²) < 4.78 is 49.9. The van der Waals surface area contributed by atoms with Crippen LogP contribution in [0.25, 0.3) is 22.4 Å². The summed E-state index contributed by atoms with van der Waals surface area (Å²) in [6.07, 6.45) is 1.91. The maximum absolute atomic E-state index is 16.1. The van der Waals surface area contributed by atoms with Crippen LogP contribution in [0.1, 0.15) is 40.3 Å². The summed E-state index contributed by atoms with van der Waals surface area (Å²) in [4.78, 5) is 17.0. The van der Waals surface area contributed by atoms with Crippen molar-refractivity contribution in [2.75, 3.05) is 12.4 Å². The Morgan fingerprint density at radius 1 is 1.24 bits per heavy atom. The summed E-state index contributed by atoms with van der Waals surface area (Å²) in [5.41, 5.74) is -0.617. The van der Waals surface area contributed by atoms with Gasteiger partial charge in [-0.1, -0.05) is 17.3 Å². The van der Waals surface area contributed by atoms with Gasteiger partial charge in [-0.25, -0.2) is 13.2 Å². The normalized spacial score (nSPS) is 12.8. The number of halogens is 3. The summed E-state index contributed by atoms with van der Waals surface area (Å²) in [5, 5.41) is 15.3. The van der Waals surface area contributed by atoms with Gasteiger partial charge in [0.1, 0.15) is 17.3 Å². The molecule has 0 atom stereocenters. The molecule has 1 fully saturated rings. The highest BCUT2D eigenvalue weighted by Gasteiger charge is 2.26. The van der Waals surface area contributed by atoms with E-state index in [4.69, 9.17) is 4.74 Å². The second-order valence-corrected chi connectivity index (χ2v) is 9.22. The van der Waals surface area contributed by atoms with Gasteiger partial charge in [-0.2, -0.15) is 5.10 Å². The van der Waals surface area contributed by atoms with Crippen molar-refractivity contribution in [3.8, 4) is 40.0 Å². The summed E-state index contributed by atoms with van der Waals surface area (Å²) in [5.74, 6) is 4.84. The molecule has 0 spiro atoms. The minimum atomic E-state index is -2.92. The lowest BCUT2D eigenvalue weighted by Crippen LogP contribution is -2.14. The lowest BCUT2D eigenvalue weighted by atomic mass is 9.94. The van der Waals surface area contributed by atoms with Crippen LogP contribution in [0.3, 0.4) is 0 Å². The topological polar surface area (TPSA) is 94.8 Å². The highest BCUT2D eigenvalue weighted by atomic mass is 32.1. The number of nitrogens with one attached hydrogen (secondary N) is 1. The standard InChI is InChI=1S/C25H19F3N6O2S/c1-34-10-9-17(33-34)14-6-7-15(24(35)30-25-32-31-20(37-25)8-5-13-3-4-13)21(22(14)26)16-11-18(23(27)28)29-12-19(16)36-2/h6-7,9-13,23H,3-4H2,1-2H3,(H,30,32,35). The van der Waals surface area contributed by atoms with Crippen LogP contribution in [-0.4, -0.2) is 38.0 Å². The molecule has 0 aliphatic heterocycles. The highest BCUT2D eigenvalue weighted by Crippen LogP contribution is 2.39. The van der Waals surface area contributed by atoms with E-state index in [0.717, 1.165) is 36.4 Å². The molecule has 37 heavy (non-hydrogen) atoms. The fourth-order valence-corrected chi connectivity index (χ4v) is 4.20. The molecule has 1 saturated carbocycles. The molecule has 8 nitrogen and oxygen atoms in total. The summed E-state index contributed by atoms with van der Waals surface area (Å²) in [7, 11) is 2.98. The molecule has 3 heterocycles. The Morgan fingerprint density at radius 3 is 2.73 bits per heavy atom. The van der Waals surface area contributed by atoms with Gasteiger partial charge in [0.05, 0.1) is 24.6 Å². The number of aromatic nitrogens is 5. The Kier molecular flexibility index (Phi) is 6.62. The van der Waals surface area contributed by atoms with Crippen molar-refractivity contribution in [1.82, 2.24) is 25.0 Å². The highest BCUT2D eigenvalue weighted by molar-refractivity contribution is 7.15. The second-order valence-electron chi connectivity index (χ2n) is 8.24. The molecule has 5 rings (SSSR count). The van der Waals surface area contributed by atoms with Gasteiger partial charge in [-0.15, -0.1) is 10.2 Å². The van der Waals surface area contributed by atoms with E-state index in [9.17, 15) is 13.6 Å². The number of anilines is 1. The van der Waals surface area contributed by atoms with Crippen molar-refractivity contribution in [1.29, 1.82) is 0 Å². The van der Waals surface area contributed by atoms with Gasteiger partial charge in [0, 0.05) is 35.9 Å². The lowest BCUT2D eigenvalue weighted by Gasteiger charge is -2.16. The first-order chi connectivity index (χ1) is 17.8. The van der Waals surface area contributed by atoms with Crippen LogP contribution in [0, 0.1) is 23.6 Å². The predicted octanol–water partition coefficient (Wildman–Crippen LogP) is 5.10. The third-order valence-corrected chi connectivity index (χ3v) is 6.34. The third-order valence-electron chi connectivity index (χ3n) is 5.58. The minimum absolute atomic E-state index is 0.0177. The first kappa shape index (κ1) is 24.5. The fourth-order valence-electron chi connectivity index (χ4n) is 3.60. The molecular formula is C25H19F3N6O2S. The molecule has 12 heteroatoms. The van der Waals surface area contributed by atoms with Crippen LogP contribution in [0.5, 0.6) is 5.75 Å². The lowest BCUT2D eigenvalue weighted by molar-refractivity contribution is 0.102. The number of amides is 1. The molecule has 0 unspecified atom stereocenters. The average Bonchev–Trinajstić information content (AvgIpc) is 3.45. The molecule has 0 bridgehead atoms. The zero-order valence-corrected chi connectivity index (χ0v) is 20.4. The monoisotopic (exact) mass is 524 g/mol. The van der Waals surface area contributed by atoms with Gasteiger partial charge >= 0.3 is 0 Å². The number of rotatable bonds is 6. The van der Waals surface area contributed by atoms with Crippen molar-refractivity contribution >= 4 is 22.4 Å². The van der Waals surface area contributed by atoms with E-state index >= 15 is 4.39 Å². The molecule has 188 valence electrons. The Morgan fingerprint density at radius 2 is 2.05 bits per heavy atom. The smallest absolute Gasteiger partial charge is 0.280 e. The Balaban J connectivity index is 1.60. The van der Waals surface area contributed by atoms with Gasteiger partial charge in [0.2, 0.25) is 5.13 Å². The molecule has 0 radical (unpaired) electrons. The van der Waals surface area contributed by atoms with Crippen LogP contribution < -0.4 is 10.1 Å². The maximum Gasteiger partial charge on any atom is 0.280 e. The summed E-state index contributed by atoms with van der Waals surface area (Å²) in [6.45, 7) is 0. The zero-order valence-electron chi connectivity index (χ0n) is 19.6. The largest absolute Gasteiger partial charge is 0.494 e. The number of hydrogen-bond donors (Lipinski definition) is 1. The van der Waals surface area contributed by atoms with E-state index in [1.807, 2.05) is 0 Å². The van der Waals surface area contributed by atoms with Gasteiger partial charge in [0.25, 0.3) is 12.3 Å². The number of methoxy groups -OCH3 is 1. The number of hydrogen-bond acceptors (Lipinski definition) is 7. The number of carbonyl (C=O) groups excluding carboxylic acids is 1. The van der Waals surface area contributed by atoms with Crippen LogP contribution >= 0.6 is 11.3 Å². The van der Waals surface area contributed by atoms with Gasteiger partial charge in [0.15, 0.2) is 5.01 Å². The van der Waals surface area contributed by atoms with Crippen LogP contribution in [0.2, 0.25) is 0 Å². The molecule has 1 aliphatic rings. The van der Waals surface area contributed by atoms with E-state index < -0.39 is 23.8 Å². The third kappa shape index (κ3) is 5.17. The summed E-state index contributed by atoms with van der Waals surface area (Å²) >= 11 is 1.08.